The van der Waals surface area contributed by atoms with Gasteiger partial charge in [-0.3, -0.25) is 4.79 Å². The molecule has 0 fully saturated rings. The standard InChI is InChI=1S/C23H26N2O3S2/c1-27-19-13-18-21(14-20(19)28-2)30-23(25(18)10-11-29-3)24-22(26)17-9-8-15-6-4-5-7-16(15)12-17/h8-9,12-14H,4-7,10-11H2,1-3H3. The van der Waals surface area contributed by atoms with Gasteiger partial charge in [0.25, 0.3) is 5.91 Å². The quantitative estimate of drug-likeness (QED) is 0.555. The summed E-state index contributed by atoms with van der Waals surface area (Å²) in [5.41, 5.74) is 4.33. The van der Waals surface area contributed by atoms with Crippen molar-refractivity contribution in [2.75, 3.05) is 26.2 Å². The Morgan fingerprint density at radius 3 is 2.57 bits per heavy atom. The first-order valence-corrected chi connectivity index (χ1v) is 12.3. The molecule has 30 heavy (non-hydrogen) atoms. The van der Waals surface area contributed by atoms with Crippen molar-refractivity contribution in [1.29, 1.82) is 0 Å². The molecule has 1 aliphatic rings. The van der Waals surface area contributed by atoms with Crippen LogP contribution in [0, 0.1) is 0 Å². The van der Waals surface area contributed by atoms with Crippen LogP contribution in [0.1, 0.15) is 34.3 Å². The second-order valence-corrected chi connectivity index (χ2v) is 9.31. The van der Waals surface area contributed by atoms with E-state index in [2.05, 4.69) is 21.9 Å². The highest BCUT2D eigenvalue weighted by molar-refractivity contribution is 7.98. The predicted octanol–water partition coefficient (Wildman–Crippen LogP) is 4.70. The summed E-state index contributed by atoms with van der Waals surface area (Å²) in [5, 5.41) is 0. The average Bonchev–Trinajstić information content (AvgIpc) is 3.11. The van der Waals surface area contributed by atoms with E-state index in [1.165, 1.54) is 35.3 Å². The zero-order valence-corrected chi connectivity index (χ0v) is 19.2. The highest BCUT2D eigenvalue weighted by Gasteiger charge is 2.15. The Morgan fingerprint density at radius 2 is 1.83 bits per heavy atom. The smallest absolute Gasteiger partial charge is 0.279 e. The molecular weight excluding hydrogens is 416 g/mol. The molecule has 0 aliphatic heterocycles. The van der Waals surface area contributed by atoms with Crippen molar-refractivity contribution in [2.45, 2.75) is 32.2 Å². The van der Waals surface area contributed by atoms with Gasteiger partial charge in [0.05, 0.1) is 24.4 Å². The van der Waals surface area contributed by atoms with Crippen LogP contribution < -0.4 is 14.3 Å². The molecule has 0 radical (unpaired) electrons. The summed E-state index contributed by atoms with van der Waals surface area (Å²) >= 11 is 3.27. The summed E-state index contributed by atoms with van der Waals surface area (Å²) in [4.78, 5) is 18.3. The molecule has 1 heterocycles. The van der Waals surface area contributed by atoms with Crippen molar-refractivity contribution >= 4 is 39.2 Å². The third kappa shape index (κ3) is 4.14. The molecule has 3 aromatic rings. The SMILES string of the molecule is COc1cc2sc(=NC(=O)c3ccc4c(c3)CCCC4)n(CCSC)c2cc1OC. The third-order valence-electron chi connectivity index (χ3n) is 5.50. The van der Waals surface area contributed by atoms with E-state index in [1.807, 2.05) is 24.3 Å². The highest BCUT2D eigenvalue weighted by atomic mass is 32.2. The lowest BCUT2D eigenvalue weighted by atomic mass is 9.90. The van der Waals surface area contributed by atoms with Gasteiger partial charge in [-0.05, 0) is 55.2 Å². The van der Waals surface area contributed by atoms with Gasteiger partial charge >= 0.3 is 0 Å². The number of thioether (sulfide) groups is 1. The Hall–Kier alpha value is -2.25. The number of hydrogen-bond acceptors (Lipinski definition) is 5. The van der Waals surface area contributed by atoms with Crippen LogP contribution >= 0.6 is 23.1 Å². The number of carbonyl (C=O) groups is 1. The van der Waals surface area contributed by atoms with E-state index in [1.54, 1.807) is 26.0 Å². The molecule has 0 spiro atoms. The molecule has 2 aromatic carbocycles. The van der Waals surface area contributed by atoms with E-state index in [0.29, 0.717) is 21.9 Å². The van der Waals surface area contributed by atoms with E-state index in [-0.39, 0.29) is 5.91 Å². The van der Waals surface area contributed by atoms with Crippen LogP contribution in [0.3, 0.4) is 0 Å². The first kappa shape index (κ1) is 21.0. The highest BCUT2D eigenvalue weighted by Crippen LogP contribution is 2.33. The lowest BCUT2D eigenvalue weighted by Gasteiger charge is -2.15. The molecule has 0 bridgehead atoms. The second kappa shape index (κ2) is 9.27. The van der Waals surface area contributed by atoms with Gasteiger partial charge in [-0.15, -0.1) is 0 Å². The van der Waals surface area contributed by atoms with Crippen LogP contribution in [0.15, 0.2) is 35.3 Å². The molecule has 0 unspecified atom stereocenters. The van der Waals surface area contributed by atoms with Crippen LogP contribution in [-0.4, -0.2) is 36.7 Å². The lowest BCUT2D eigenvalue weighted by Crippen LogP contribution is -2.18. The fraction of sp³-hybridized carbons (Fsp3) is 0.391. The van der Waals surface area contributed by atoms with E-state index < -0.39 is 0 Å². The number of hydrogen-bond donors (Lipinski definition) is 0. The van der Waals surface area contributed by atoms with Gasteiger partial charge in [0.2, 0.25) is 0 Å². The maximum atomic E-state index is 13.0. The molecule has 0 N–H and O–H groups in total. The molecule has 0 saturated heterocycles. The van der Waals surface area contributed by atoms with Crippen molar-refractivity contribution in [3.63, 3.8) is 0 Å². The molecular formula is C23H26N2O3S2. The van der Waals surface area contributed by atoms with Crippen LogP contribution in [-0.2, 0) is 19.4 Å². The second-order valence-electron chi connectivity index (χ2n) is 7.31. The Bertz CT molecular complexity index is 1150. The molecule has 0 saturated carbocycles. The number of nitrogens with zero attached hydrogens (tertiary/aromatic N) is 2. The van der Waals surface area contributed by atoms with Gasteiger partial charge in [-0.2, -0.15) is 16.8 Å². The van der Waals surface area contributed by atoms with Gasteiger partial charge in [0, 0.05) is 30.0 Å². The number of rotatable bonds is 6. The van der Waals surface area contributed by atoms with E-state index >= 15 is 0 Å². The number of aromatic nitrogens is 1. The first-order chi connectivity index (χ1) is 14.6. The van der Waals surface area contributed by atoms with E-state index in [4.69, 9.17) is 9.47 Å². The summed E-state index contributed by atoms with van der Waals surface area (Å²) in [5.74, 6) is 2.09. The van der Waals surface area contributed by atoms with Gasteiger partial charge in [-0.25, -0.2) is 0 Å². The number of amides is 1. The summed E-state index contributed by atoms with van der Waals surface area (Å²) in [6, 6.07) is 9.97. The minimum absolute atomic E-state index is 0.188. The van der Waals surface area contributed by atoms with Crippen LogP contribution in [0.2, 0.25) is 0 Å². The van der Waals surface area contributed by atoms with Gasteiger partial charge < -0.3 is 14.0 Å². The number of benzene rings is 2. The number of carbonyl (C=O) groups excluding carboxylic acids is 1. The summed E-state index contributed by atoms with van der Waals surface area (Å²) in [7, 11) is 3.26. The van der Waals surface area contributed by atoms with Crippen molar-refractivity contribution in [3.05, 3.63) is 51.8 Å². The summed E-state index contributed by atoms with van der Waals surface area (Å²) in [6.07, 6.45) is 6.65. The van der Waals surface area contributed by atoms with Gasteiger partial charge in [0.1, 0.15) is 0 Å². The number of fused-ring (bicyclic) bond motifs is 2. The van der Waals surface area contributed by atoms with E-state index in [0.717, 1.165) is 35.4 Å². The molecule has 0 atom stereocenters. The Morgan fingerprint density at radius 1 is 1.10 bits per heavy atom. The number of methoxy groups -OCH3 is 2. The Labute approximate surface area is 184 Å². The predicted molar refractivity (Wildman–Crippen MR) is 124 cm³/mol. The molecule has 158 valence electrons. The van der Waals surface area contributed by atoms with Crippen molar-refractivity contribution in [1.82, 2.24) is 4.57 Å². The molecule has 7 heteroatoms. The third-order valence-corrected chi connectivity index (χ3v) is 7.13. The average molecular weight is 443 g/mol. The van der Waals surface area contributed by atoms with Crippen LogP contribution in [0.5, 0.6) is 11.5 Å². The number of ether oxygens (including phenoxy) is 2. The fourth-order valence-corrected chi connectivity index (χ4v) is 5.33. The maximum absolute atomic E-state index is 13.0. The summed E-state index contributed by atoms with van der Waals surface area (Å²) in [6.45, 7) is 0.771. The number of aryl methyl sites for hydroxylation is 3. The van der Waals surface area contributed by atoms with Crippen molar-refractivity contribution < 1.29 is 14.3 Å². The monoisotopic (exact) mass is 442 g/mol. The first-order valence-electron chi connectivity index (χ1n) is 10.1. The van der Waals surface area contributed by atoms with E-state index in [9.17, 15) is 4.79 Å². The molecule has 4 rings (SSSR count). The topological polar surface area (TPSA) is 52.8 Å². The van der Waals surface area contributed by atoms with Crippen LogP contribution in [0.25, 0.3) is 10.2 Å². The maximum Gasteiger partial charge on any atom is 0.279 e. The zero-order chi connectivity index (χ0) is 21.1. The normalized spacial score (nSPS) is 14.0. The minimum Gasteiger partial charge on any atom is -0.493 e. The Kier molecular flexibility index (Phi) is 6.49. The lowest BCUT2D eigenvalue weighted by molar-refractivity contribution is 0.0997. The Balaban J connectivity index is 1.79. The van der Waals surface area contributed by atoms with Crippen LogP contribution in [0.4, 0.5) is 0 Å². The van der Waals surface area contributed by atoms with Gasteiger partial charge in [-0.1, -0.05) is 17.4 Å². The fourth-order valence-electron chi connectivity index (χ4n) is 3.90. The van der Waals surface area contributed by atoms with Crippen molar-refractivity contribution in [3.8, 4) is 11.5 Å². The number of thiazole rings is 1. The molecule has 1 aromatic heterocycles. The summed E-state index contributed by atoms with van der Waals surface area (Å²) < 4.78 is 14.1. The van der Waals surface area contributed by atoms with Crippen molar-refractivity contribution in [2.24, 2.45) is 4.99 Å². The molecule has 1 aliphatic carbocycles. The molecule has 5 nitrogen and oxygen atoms in total. The largest absolute Gasteiger partial charge is 0.493 e. The minimum atomic E-state index is -0.188. The molecule has 1 amide bonds. The zero-order valence-electron chi connectivity index (χ0n) is 17.6. The van der Waals surface area contributed by atoms with Gasteiger partial charge in [0.15, 0.2) is 16.3 Å².